The highest BCUT2D eigenvalue weighted by Gasteiger charge is 2.30. The number of nitrogens with zero attached hydrogens (tertiary/aromatic N) is 1. The first-order chi connectivity index (χ1) is 16.4. The summed E-state index contributed by atoms with van der Waals surface area (Å²) in [6.07, 6.45) is 6.03. The van der Waals surface area contributed by atoms with E-state index < -0.39 is 6.04 Å². The molecule has 0 spiro atoms. The van der Waals surface area contributed by atoms with E-state index in [1.165, 1.54) is 18.2 Å². The van der Waals surface area contributed by atoms with Crippen LogP contribution < -0.4 is 5.32 Å². The van der Waals surface area contributed by atoms with E-state index in [0.717, 1.165) is 36.8 Å². The quantitative estimate of drug-likeness (QED) is 0.348. The average molecular weight is 542 g/mol. The predicted octanol–water partition coefficient (Wildman–Crippen LogP) is 7.14. The van der Waals surface area contributed by atoms with Crippen LogP contribution in [0.25, 0.3) is 0 Å². The molecular weight excluding hydrogens is 511 g/mol. The summed E-state index contributed by atoms with van der Waals surface area (Å²) in [7, 11) is 0. The molecular formula is C26H31Cl3N2O2S. The number of amides is 2. The van der Waals surface area contributed by atoms with Crippen molar-refractivity contribution in [1.82, 2.24) is 10.2 Å². The SMILES string of the molecule is CCC(C(=O)NC1CCCCC1)N(Cc1ccc(Cl)cc1)C(=O)CSCc1c(Cl)cccc1Cl. The standard InChI is InChI=1S/C26H31Cl3N2O2S/c1-2-24(26(33)30-20-7-4-3-5-8-20)31(15-18-11-13-19(27)14-12-18)25(32)17-34-16-21-22(28)9-6-10-23(21)29/h6,9-14,20,24H,2-5,7-8,15-17H2,1H3,(H,30,33). The molecule has 2 aromatic rings. The van der Waals surface area contributed by atoms with Crippen LogP contribution in [-0.2, 0) is 21.9 Å². The maximum Gasteiger partial charge on any atom is 0.243 e. The zero-order valence-corrected chi connectivity index (χ0v) is 22.5. The van der Waals surface area contributed by atoms with Crippen LogP contribution in [0, 0.1) is 0 Å². The minimum Gasteiger partial charge on any atom is -0.352 e. The fourth-order valence-electron chi connectivity index (χ4n) is 4.24. The van der Waals surface area contributed by atoms with Gasteiger partial charge < -0.3 is 10.2 Å². The molecule has 1 fully saturated rings. The highest BCUT2D eigenvalue weighted by Crippen LogP contribution is 2.28. The van der Waals surface area contributed by atoms with Gasteiger partial charge in [-0.3, -0.25) is 9.59 Å². The molecule has 1 saturated carbocycles. The zero-order chi connectivity index (χ0) is 24.5. The summed E-state index contributed by atoms with van der Waals surface area (Å²) < 4.78 is 0. The van der Waals surface area contributed by atoms with Crippen LogP contribution in [-0.4, -0.2) is 34.6 Å². The van der Waals surface area contributed by atoms with Crippen molar-refractivity contribution in [3.8, 4) is 0 Å². The van der Waals surface area contributed by atoms with E-state index in [9.17, 15) is 9.59 Å². The molecule has 184 valence electrons. The van der Waals surface area contributed by atoms with Crippen LogP contribution >= 0.6 is 46.6 Å². The van der Waals surface area contributed by atoms with Gasteiger partial charge >= 0.3 is 0 Å². The van der Waals surface area contributed by atoms with Crippen molar-refractivity contribution >= 4 is 58.4 Å². The molecule has 8 heteroatoms. The molecule has 2 aromatic carbocycles. The Hall–Kier alpha value is -1.40. The molecule has 4 nitrogen and oxygen atoms in total. The highest BCUT2D eigenvalue weighted by atomic mass is 35.5. The van der Waals surface area contributed by atoms with Gasteiger partial charge in [-0.25, -0.2) is 0 Å². The predicted molar refractivity (Wildman–Crippen MR) is 144 cm³/mol. The zero-order valence-electron chi connectivity index (χ0n) is 19.4. The lowest BCUT2D eigenvalue weighted by molar-refractivity contribution is -0.139. The molecule has 1 atom stereocenters. The minimum absolute atomic E-state index is 0.0733. The summed E-state index contributed by atoms with van der Waals surface area (Å²) >= 11 is 20.0. The molecule has 1 aliphatic carbocycles. The lowest BCUT2D eigenvalue weighted by Gasteiger charge is -2.32. The van der Waals surface area contributed by atoms with Crippen molar-refractivity contribution in [3.63, 3.8) is 0 Å². The Morgan fingerprint density at radius 1 is 1.03 bits per heavy atom. The van der Waals surface area contributed by atoms with Crippen molar-refractivity contribution in [3.05, 3.63) is 68.7 Å². The van der Waals surface area contributed by atoms with Crippen molar-refractivity contribution in [2.45, 2.75) is 69.8 Å². The number of thioether (sulfide) groups is 1. The van der Waals surface area contributed by atoms with Crippen LogP contribution in [0.15, 0.2) is 42.5 Å². The van der Waals surface area contributed by atoms with Crippen LogP contribution in [0.2, 0.25) is 15.1 Å². The van der Waals surface area contributed by atoms with Gasteiger partial charge in [0.15, 0.2) is 0 Å². The number of halogens is 3. The monoisotopic (exact) mass is 540 g/mol. The van der Waals surface area contributed by atoms with Gasteiger partial charge in [-0.05, 0) is 54.7 Å². The average Bonchev–Trinajstić information content (AvgIpc) is 2.82. The van der Waals surface area contributed by atoms with Gasteiger partial charge in [0.2, 0.25) is 11.8 Å². The summed E-state index contributed by atoms with van der Waals surface area (Å²) in [4.78, 5) is 28.4. The molecule has 0 radical (unpaired) electrons. The first-order valence-electron chi connectivity index (χ1n) is 11.7. The number of hydrogen-bond donors (Lipinski definition) is 1. The molecule has 34 heavy (non-hydrogen) atoms. The summed E-state index contributed by atoms with van der Waals surface area (Å²) in [6, 6.07) is 12.4. The first kappa shape index (κ1) is 27.2. The Bertz CT molecular complexity index is 945. The number of benzene rings is 2. The van der Waals surface area contributed by atoms with Crippen LogP contribution in [0.4, 0.5) is 0 Å². The van der Waals surface area contributed by atoms with E-state index in [1.807, 2.05) is 19.1 Å². The molecule has 0 aliphatic heterocycles. The summed E-state index contributed by atoms with van der Waals surface area (Å²) in [5.41, 5.74) is 1.75. The molecule has 0 aromatic heterocycles. The third-order valence-corrected chi connectivity index (χ3v) is 8.04. The lowest BCUT2D eigenvalue weighted by atomic mass is 9.95. The van der Waals surface area contributed by atoms with Gasteiger partial charge in [0.05, 0.1) is 5.75 Å². The molecule has 3 rings (SSSR count). The first-order valence-corrected chi connectivity index (χ1v) is 14.0. The van der Waals surface area contributed by atoms with E-state index in [-0.39, 0.29) is 23.6 Å². The fourth-order valence-corrected chi connectivity index (χ4v) is 6.02. The van der Waals surface area contributed by atoms with Crippen molar-refractivity contribution in [1.29, 1.82) is 0 Å². The number of nitrogens with one attached hydrogen (secondary N) is 1. The van der Waals surface area contributed by atoms with Gasteiger partial charge in [0.1, 0.15) is 6.04 Å². The Morgan fingerprint density at radius 2 is 1.68 bits per heavy atom. The van der Waals surface area contributed by atoms with E-state index >= 15 is 0 Å². The Balaban J connectivity index is 1.72. The molecule has 1 aliphatic rings. The van der Waals surface area contributed by atoms with Crippen molar-refractivity contribution < 1.29 is 9.59 Å². The number of carbonyl (C=O) groups excluding carboxylic acids is 2. The summed E-state index contributed by atoms with van der Waals surface area (Å²) in [5.74, 6) is 0.580. The highest BCUT2D eigenvalue weighted by molar-refractivity contribution is 7.99. The number of rotatable bonds is 10. The molecule has 0 saturated heterocycles. The van der Waals surface area contributed by atoms with Gasteiger partial charge in [-0.15, -0.1) is 11.8 Å². The molecule has 0 heterocycles. The second kappa shape index (κ2) is 13.6. The second-order valence-corrected chi connectivity index (χ2v) is 10.8. The fraction of sp³-hybridized carbons (Fsp3) is 0.462. The van der Waals surface area contributed by atoms with E-state index in [1.54, 1.807) is 35.2 Å². The van der Waals surface area contributed by atoms with Gasteiger partial charge in [0.25, 0.3) is 0 Å². The van der Waals surface area contributed by atoms with E-state index in [0.29, 0.717) is 33.8 Å². The lowest BCUT2D eigenvalue weighted by Crippen LogP contribution is -2.52. The van der Waals surface area contributed by atoms with Gasteiger partial charge in [-0.1, -0.05) is 79.2 Å². The van der Waals surface area contributed by atoms with Gasteiger partial charge in [0, 0.05) is 33.4 Å². The topological polar surface area (TPSA) is 49.4 Å². The Kier molecular flexibility index (Phi) is 10.9. The Morgan fingerprint density at radius 3 is 2.29 bits per heavy atom. The maximum absolute atomic E-state index is 13.4. The second-order valence-electron chi connectivity index (χ2n) is 8.61. The van der Waals surface area contributed by atoms with Crippen LogP contribution in [0.1, 0.15) is 56.6 Å². The van der Waals surface area contributed by atoms with Gasteiger partial charge in [-0.2, -0.15) is 0 Å². The summed E-state index contributed by atoms with van der Waals surface area (Å²) in [6.45, 7) is 2.30. The largest absolute Gasteiger partial charge is 0.352 e. The molecule has 0 bridgehead atoms. The van der Waals surface area contributed by atoms with Crippen molar-refractivity contribution in [2.24, 2.45) is 0 Å². The Labute approximate surface area is 221 Å². The smallest absolute Gasteiger partial charge is 0.243 e. The molecule has 2 amide bonds. The third kappa shape index (κ3) is 7.81. The normalized spacial score (nSPS) is 15.1. The van der Waals surface area contributed by atoms with Crippen LogP contribution in [0.3, 0.4) is 0 Å². The van der Waals surface area contributed by atoms with Crippen LogP contribution in [0.5, 0.6) is 0 Å². The van der Waals surface area contributed by atoms with E-state index in [4.69, 9.17) is 34.8 Å². The van der Waals surface area contributed by atoms with Crippen molar-refractivity contribution in [2.75, 3.05) is 5.75 Å². The minimum atomic E-state index is -0.533. The molecule has 1 unspecified atom stereocenters. The number of carbonyl (C=O) groups is 2. The van der Waals surface area contributed by atoms with E-state index in [2.05, 4.69) is 5.32 Å². The number of hydrogen-bond acceptors (Lipinski definition) is 3. The summed E-state index contributed by atoms with van der Waals surface area (Å²) in [5, 5.41) is 5.01. The molecule has 1 N–H and O–H groups in total. The third-order valence-electron chi connectivity index (χ3n) is 6.14. The maximum atomic E-state index is 13.4.